The topological polar surface area (TPSA) is 63.5 Å². The molecule has 2 amide bonds. The molecule has 1 aromatic heterocycles. The molecule has 0 spiro atoms. The molecule has 1 fully saturated rings. The van der Waals surface area contributed by atoms with Crippen LogP contribution in [0.15, 0.2) is 42.6 Å². The van der Waals surface area contributed by atoms with Crippen molar-refractivity contribution in [3.8, 4) is 6.07 Å². The number of nitriles is 1. The summed E-state index contributed by atoms with van der Waals surface area (Å²) in [7, 11) is 1.65. The second-order valence-corrected chi connectivity index (χ2v) is 8.27. The normalized spacial score (nSPS) is 18.5. The first-order valence-corrected chi connectivity index (χ1v) is 9.80. The second kappa shape index (κ2) is 8.10. The highest BCUT2D eigenvalue weighted by Crippen LogP contribution is 2.37. The minimum atomic E-state index is -4.62. The number of benzene rings is 1. The quantitative estimate of drug-likeness (QED) is 0.702. The number of carbonyl (C=O) groups is 1. The Balaban J connectivity index is 1.88. The van der Waals surface area contributed by atoms with Gasteiger partial charge in [0.05, 0.1) is 22.7 Å². The number of anilines is 2. The number of amides is 2. The predicted octanol–water partition coefficient (Wildman–Crippen LogP) is 4.52. The molecule has 1 aliphatic rings. The van der Waals surface area contributed by atoms with E-state index in [0.717, 1.165) is 6.07 Å². The lowest BCUT2D eigenvalue weighted by atomic mass is 9.94. The molecule has 1 aliphatic heterocycles. The second-order valence-electron chi connectivity index (χ2n) is 8.27. The van der Waals surface area contributed by atoms with Crippen LogP contribution in [-0.4, -0.2) is 47.6 Å². The van der Waals surface area contributed by atoms with Gasteiger partial charge in [0, 0.05) is 38.1 Å². The van der Waals surface area contributed by atoms with Crippen LogP contribution >= 0.6 is 0 Å². The Morgan fingerprint density at radius 2 is 2.00 bits per heavy atom. The number of rotatable bonds is 2. The lowest BCUT2D eigenvalue weighted by Gasteiger charge is -2.52. The maximum absolute atomic E-state index is 13.4. The molecule has 164 valence electrons. The molecule has 2 aromatic rings. The molecule has 3 rings (SSSR count). The van der Waals surface area contributed by atoms with Gasteiger partial charge in [-0.05, 0) is 51.1 Å². The van der Waals surface area contributed by atoms with E-state index in [4.69, 9.17) is 5.26 Å². The van der Waals surface area contributed by atoms with Crippen molar-refractivity contribution in [2.45, 2.75) is 38.5 Å². The third-order valence-corrected chi connectivity index (χ3v) is 5.53. The third kappa shape index (κ3) is 4.43. The summed E-state index contributed by atoms with van der Waals surface area (Å²) in [6.45, 7) is 6.28. The highest BCUT2D eigenvalue weighted by atomic mass is 19.4. The zero-order valence-electron chi connectivity index (χ0n) is 17.8. The molecule has 1 aromatic carbocycles. The van der Waals surface area contributed by atoms with Crippen LogP contribution in [0.2, 0.25) is 0 Å². The third-order valence-electron chi connectivity index (χ3n) is 5.53. The fourth-order valence-corrected chi connectivity index (χ4v) is 3.85. The fraction of sp³-hybridized carbons (Fsp3) is 0.409. The number of pyridine rings is 1. The molecule has 0 unspecified atom stereocenters. The summed E-state index contributed by atoms with van der Waals surface area (Å²) in [6, 6.07) is 10.2. The van der Waals surface area contributed by atoms with Crippen LogP contribution in [0.4, 0.5) is 29.5 Å². The smallest absolute Gasteiger partial charge is 0.363 e. The number of carbonyl (C=O) groups excluding carboxylic acids is 1. The molecular weight excluding hydrogens is 407 g/mol. The van der Waals surface area contributed by atoms with Crippen LogP contribution in [-0.2, 0) is 6.18 Å². The molecule has 0 bridgehead atoms. The van der Waals surface area contributed by atoms with Gasteiger partial charge >= 0.3 is 12.2 Å². The van der Waals surface area contributed by atoms with E-state index in [-0.39, 0.29) is 12.1 Å². The molecule has 1 atom stereocenters. The van der Waals surface area contributed by atoms with E-state index in [9.17, 15) is 18.0 Å². The minimum Gasteiger partial charge on any atom is -0.363 e. The molecule has 9 heteroatoms. The van der Waals surface area contributed by atoms with E-state index >= 15 is 0 Å². The van der Waals surface area contributed by atoms with Gasteiger partial charge in [0.25, 0.3) is 0 Å². The standard InChI is InChI=1S/C22H24F3N5O/c1-15-13-30(17-9-8-16(12-26)18(11-17)22(23,24)25)21(2,3)14-29(15)20(31)28(4)19-7-5-6-10-27-19/h5-11,15H,13-14H2,1-4H3/t15-/m1/s1. The number of piperazine rings is 1. The van der Waals surface area contributed by atoms with E-state index in [1.807, 2.05) is 25.7 Å². The molecule has 0 saturated carbocycles. The van der Waals surface area contributed by atoms with Crippen molar-refractivity contribution in [3.63, 3.8) is 0 Å². The first-order chi connectivity index (χ1) is 14.5. The number of nitrogens with zero attached hydrogens (tertiary/aromatic N) is 5. The summed E-state index contributed by atoms with van der Waals surface area (Å²) in [5.41, 5.74) is -1.63. The van der Waals surface area contributed by atoms with Crippen molar-refractivity contribution in [2.75, 3.05) is 29.9 Å². The molecule has 0 radical (unpaired) electrons. The number of hydrogen-bond donors (Lipinski definition) is 0. The van der Waals surface area contributed by atoms with E-state index < -0.39 is 22.8 Å². The number of aromatic nitrogens is 1. The highest BCUT2D eigenvalue weighted by Gasteiger charge is 2.42. The maximum Gasteiger partial charge on any atom is 0.417 e. The summed E-state index contributed by atoms with van der Waals surface area (Å²) in [6.07, 6.45) is -3.02. The zero-order chi connectivity index (χ0) is 23.0. The summed E-state index contributed by atoms with van der Waals surface area (Å²) in [5.74, 6) is 0.516. The largest absolute Gasteiger partial charge is 0.417 e. The Hall–Kier alpha value is -3.28. The Bertz CT molecular complexity index is 1000. The monoisotopic (exact) mass is 431 g/mol. The average Bonchev–Trinajstić information content (AvgIpc) is 2.73. The van der Waals surface area contributed by atoms with Crippen LogP contribution in [0.3, 0.4) is 0 Å². The predicted molar refractivity (Wildman–Crippen MR) is 112 cm³/mol. The molecule has 2 heterocycles. The summed E-state index contributed by atoms with van der Waals surface area (Å²) < 4.78 is 40.3. The first kappa shape index (κ1) is 22.4. The summed E-state index contributed by atoms with van der Waals surface area (Å²) in [5, 5.41) is 9.05. The van der Waals surface area contributed by atoms with Crippen molar-refractivity contribution in [1.29, 1.82) is 5.26 Å². The summed E-state index contributed by atoms with van der Waals surface area (Å²) >= 11 is 0. The van der Waals surface area contributed by atoms with Crippen molar-refractivity contribution < 1.29 is 18.0 Å². The van der Waals surface area contributed by atoms with E-state index in [1.165, 1.54) is 17.0 Å². The lowest BCUT2D eigenvalue weighted by Crippen LogP contribution is -2.65. The molecule has 1 saturated heterocycles. The van der Waals surface area contributed by atoms with Crippen molar-refractivity contribution in [3.05, 3.63) is 53.7 Å². The molecule has 6 nitrogen and oxygen atoms in total. The van der Waals surface area contributed by atoms with Gasteiger partial charge in [0.2, 0.25) is 0 Å². The van der Waals surface area contributed by atoms with Gasteiger partial charge in [-0.3, -0.25) is 4.90 Å². The van der Waals surface area contributed by atoms with Gasteiger partial charge in [-0.25, -0.2) is 9.78 Å². The van der Waals surface area contributed by atoms with Crippen molar-refractivity contribution >= 4 is 17.5 Å². The van der Waals surface area contributed by atoms with E-state index in [2.05, 4.69) is 4.98 Å². The first-order valence-electron chi connectivity index (χ1n) is 9.80. The maximum atomic E-state index is 13.4. The number of urea groups is 1. The number of hydrogen-bond acceptors (Lipinski definition) is 4. The molecule has 31 heavy (non-hydrogen) atoms. The lowest BCUT2D eigenvalue weighted by molar-refractivity contribution is -0.137. The van der Waals surface area contributed by atoms with Crippen molar-refractivity contribution in [2.24, 2.45) is 0 Å². The average molecular weight is 431 g/mol. The van der Waals surface area contributed by atoms with E-state index in [1.54, 1.807) is 42.4 Å². The Morgan fingerprint density at radius 3 is 2.58 bits per heavy atom. The van der Waals surface area contributed by atoms with Crippen LogP contribution in [0.5, 0.6) is 0 Å². The van der Waals surface area contributed by atoms with Gasteiger partial charge in [-0.1, -0.05) is 6.07 Å². The van der Waals surface area contributed by atoms with Crippen LogP contribution in [0.1, 0.15) is 31.9 Å². The van der Waals surface area contributed by atoms with Gasteiger partial charge in [-0.15, -0.1) is 0 Å². The van der Waals surface area contributed by atoms with Crippen LogP contribution in [0, 0.1) is 11.3 Å². The highest BCUT2D eigenvalue weighted by molar-refractivity contribution is 5.91. The van der Waals surface area contributed by atoms with Gasteiger partial charge in [0.15, 0.2) is 0 Å². The van der Waals surface area contributed by atoms with Gasteiger partial charge in [-0.2, -0.15) is 18.4 Å². The van der Waals surface area contributed by atoms with Crippen molar-refractivity contribution in [1.82, 2.24) is 9.88 Å². The minimum absolute atomic E-state index is 0.227. The number of halogens is 3. The van der Waals surface area contributed by atoms with Gasteiger partial charge in [0.1, 0.15) is 5.82 Å². The Kier molecular flexibility index (Phi) is 5.85. The Morgan fingerprint density at radius 1 is 1.29 bits per heavy atom. The summed E-state index contributed by atoms with van der Waals surface area (Å²) in [4.78, 5) is 22.4. The molecule has 0 aliphatic carbocycles. The molecular formula is C22H24F3N5O. The SMILES string of the molecule is C[C@@H]1CN(c2ccc(C#N)c(C(F)(F)F)c2)C(C)(C)CN1C(=O)N(C)c1ccccn1. The zero-order valence-corrected chi connectivity index (χ0v) is 17.8. The Labute approximate surface area is 179 Å². The van der Waals surface area contributed by atoms with Gasteiger partial charge < -0.3 is 9.80 Å². The molecule has 0 N–H and O–H groups in total. The fourth-order valence-electron chi connectivity index (χ4n) is 3.85. The number of alkyl halides is 3. The van der Waals surface area contributed by atoms with Crippen LogP contribution < -0.4 is 9.80 Å². The van der Waals surface area contributed by atoms with E-state index in [0.29, 0.717) is 24.6 Å². The van der Waals surface area contributed by atoms with Crippen LogP contribution in [0.25, 0.3) is 0 Å².